The number of aromatic nitrogens is 3. The number of nitrogen functional groups attached to an aromatic ring is 1. The predicted molar refractivity (Wildman–Crippen MR) is 77.3 cm³/mol. The second kappa shape index (κ2) is 4.65. The summed E-state index contributed by atoms with van der Waals surface area (Å²) in [7, 11) is 1.79. The van der Waals surface area contributed by atoms with E-state index in [1.807, 2.05) is 24.3 Å². The molecule has 2 aromatic heterocycles. The van der Waals surface area contributed by atoms with Crippen LogP contribution in [0.15, 0.2) is 42.6 Å². The molecule has 6 nitrogen and oxygen atoms in total. The van der Waals surface area contributed by atoms with Gasteiger partial charge in [-0.2, -0.15) is 5.10 Å². The molecule has 1 amide bonds. The van der Waals surface area contributed by atoms with Crippen LogP contribution < -0.4 is 11.1 Å². The van der Waals surface area contributed by atoms with Crippen LogP contribution in [0.2, 0.25) is 0 Å². The number of anilines is 2. The molecule has 0 fully saturated rings. The van der Waals surface area contributed by atoms with Crippen LogP contribution >= 0.6 is 0 Å². The van der Waals surface area contributed by atoms with Gasteiger partial charge < -0.3 is 11.1 Å². The first-order valence-electron chi connectivity index (χ1n) is 6.10. The molecule has 1 aromatic carbocycles. The molecule has 0 spiro atoms. The summed E-state index contributed by atoms with van der Waals surface area (Å²) in [6, 6.07) is 10.7. The number of rotatable bonds is 2. The first-order valence-corrected chi connectivity index (χ1v) is 6.10. The number of hydrogen-bond donors (Lipinski definition) is 2. The number of nitrogens with two attached hydrogens (primary N) is 1. The molecular formula is C14H13N5O. The standard InChI is InChI=1S/C14H13N5O/c1-19-7-6-13(18-19)17-14(20)10-8-12(15)16-11-5-3-2-4-9(10)11/h2-8H,1H3,(H2,15,16)(H,17,18,20). The number of nitrogens with zero attached hydrogens (tertiary/aromatic N) is 3. The number of para-hydroxylation sites is 1. The zero-order valence-electron chi connectivity index (χ0n) is 10.9. The van der Waals surface area contributed by atoms with Crippen LogP contribution in [-0.2, 0) is 7.05 Å². The fourth-order valence-corrected chi connectivity index (χ4v) is 2.05. The number of aryl methyl sites for hydroxylation is 1. The van der Waals surface area contributed by atoms with Crippen molar-refractivity contribution in [2.75, 3.05) is 11.1 Å². The third-order valence-corrected chi connectivity index (χ3v) is 2.94. The number of carbonyl (C=O) groups is 1. The van der Waals surface area contributed by atoms with E-state index in [0.717, 1.165) is 5.39 Å². The molecule has 2 heterocycles. The minimum atomic E-state index is -0.256. The van der Waals surface area contributed by atoms with E-state index in [-0.39, 0.29) is 5.91 Å². The van der Waals surface area contributed by atoms with Gasteiger partial charge >= 0.3 is 0 Å². The third kappa shape index (κ3) is 2.18. The summed E-state index contributed by atoms with van der Waals surface area (Å²) in [6.07, 6.45) is 1.76. The van der Waals surface area contributed by atoms with E-state index in [1.54, 1.807) is 30.1 Å². The first kappa shape index (κ1) is 12.2. The van der Waals surface area contributed by atoms with Gasteiger partial charge in [0, 0.05) is 24.7 Å². The highest BCUT2D eigenvalue weighted by Gasteiger charge is 2.13. The van der Waals surface area contributed by atoms with Crippen LogP contribution in [0.25, 0.3) is 10.9 Å². The van der Waals surface area contributed by atoms with Crippen molar-refractivity contribution in [3.8, 4) is 0 Å². The summed E-state index contributed by atoms with van der Waals surface area (Å²) in [4.78, 5) is 16.6. The van der Waals surface area contributed by atoms with Crippen LogP contribution in [0.4, 0.5) is 11.6 Å². The average molecular weight is 267 g/mol. The van der Waals surface area contributed by atoms with Crippen molar-refractivity contribution in [2.24, 2.45) is 7.05 Å². The Kier molecular flexibility index (Phi) is 2.83. The van der Waals surface area contributed by atoms with Gasteiger partial charge in [0.2, 0.25) is 0 Å². The Labute approximate surface area is 115 Å². The van der Waals surface area contributed by atoms with Crippen molar-refractivity contribution < 1.29 is 4.79 Å². The number of hydrogen-bond acceptors (Lipinski definition) is 4. The highest BCUT2D eigenvalue weighted by atomic mass is 16.1. The highest BCUT2D eigenvalue weighted by molar-refractivity contribution is 6.12. The third-order valence-electron chi connectivity index (χ3n) is 2.94. The number of benzene rings is 1. The van der Waals surface area contributed by atoms with Gasteiger partial charge in [0.15, 0.2) is 5.82 Å². The summed E-state index contributed by atoms with van der Waals surface area (Å²) >= 11 is 0. The quantitative estimate of drug-likeness (QED) is 0.741. The zero-order valence-corrected chi connectivity index (χ0v) is 10.9. The summed E-state index contributed by atoms with van der Waals surface area (Å²) < 4.78 is 1.62. The van der Waals surface area contributed by atoms with E-state index < -0.39 is 0 Å². The molecule has 3 aromatic rings. The molecule has 0 aliphatic carbocycles. The number of fused-ring (bicyclic) bond motifs is 1. The second-order valence-electron chi connectivity index (χ2n) is 4.44. The van der Waals surface area contributed by atoms with Crippen LogP contribution in [0.1, 0.15) is 10.4 Å². The Bertz CT molecular complexity index is 793. The Hall–Kier alpha value is -2.89. The van der Waals surface area contributed by atoms with E-state index in [0.29, 0.717) is 22.7 Å². The van der Waals surface area contributed by atoms with Crippen molar-refractivity contribution in [1.29, 1.82) is 0 Å². The molecule has 0 aliphatic rings. The largest absolute Gasteiger partial charge is 0.384 e. The summed E-state index contributed by atoms with van der Waals surface area (Å²) in [6.45, 7) is 0. The van der Waals surface area contributed by atoms with Gasteiger partial charge in [0.05, 0.1) is 11.1 Å². The van der Waals surface area contributed by atoms with E-state index in [4.69, 9.17) is 5.73 Å². The van der Waals surface area contributed by atoms with Gasteiger partial charge in [-0.25, -0.2) is 4.98 Å². The first-order chi connectivity index (χ1) is 9.63. The molecule has 3 N–H and O–H groups in total. The number of pyridine rings is 1. The number of carbonyl (C=O) groups excluding carboxylic acids is 1. The fourth-order valence-electron chi connectivity index (χ4n) is 2.05. The van der Waals surface area contributed by atoms with E-state index >= 15 is 0 Å². The average Bonchev–Trinajstić information content (AvgIpc) is 2.83. The molecule has 0 saturated carbocycles. The van der Waals surface area contributed by atoms with Gasteiger partial charge in [-0.05, 0) is 12.1 Å². The Morgan fingerprint density at radius 2 is 2.10 bits per heavy atom. The normalized spacial score (nSPS) is 10.7. The SMILES string of the molecule is Cn1ccc(NC(=O)c2cc(N)nc3ccccc23)n1. The van der Waals surface area contributed by atoms with Crippen LogP contribution in [0.3, 0.4) is 0 Å². The molecule has 3 rings (SSSR count). The van der Waals surface area contributed by atoms with Gasteiger partial charge in [-0.3, -0.25) is 9.48 Å². The van der Waals surface area contributed by atoms with Crippen molar-refractivity contribution in [1.82, 2.24) is 14.8 Å². The molecule has 0 radical (unpaired) electrons. The number of amides is 1. The lowest BCUT2D eigenvalue weighted by Gasteiger charge is -2.07. The lowest BCUT2D eigenvalue weighted by molar-refractivity contribution is 0.102. The molecular weight excluding hydrogens is 254 g/mol. The minimum Gasteiger partial charge on any atom is -0.384 e. The maximum absolute atomic E-state index is 12.3. The molecule has 6 heteroatoms. The molecule has 0 bridgehead atoms. The lowest BCUT2D eigenvalue weighted by atomic mass is 10.1. The fraction of sp³-hybridized carbons (Fsp3) is 0.0714. The van der Waals surface area contributed by atoms with Crippen LogP contribution in [-0.4, -0.2) is 20.7 Å². The second-order valence-corrected chi connectivity index (χ2v) is 4.44. The van der Waals surface area contributed by atoms with Gasteiger partial charge in [-0.1, -0.05) is 18.2 Å². The predicted octanol–water partition coefficient (Wildman–Crippen LogP) is 1.80. The van der Waals surface area contributed by atoms with Gasteiger partial charge in [0.1, 0.15) is 5.82 Å². The molecule has 0 aliphatic heterocycles. The van der Waals surface area contributed by atoms with Crippen molar-refractivity contribution in [3.05, 3.63) is 48.2 Å². The molecule has 20 heavy (non-hydrogen) atoms. The highest BCUT2D eigenvalue weighted by Crippen LogP contribution is 2.20. The summed E-state index contributed by atoms with van der Waals surface area (Å²) in [5.74, 6) is 0.556. The molecule has 0 unspecified atom stereocenters. The monoisotopic (exact) mass is 267 g/mol. The van der Waals surface area contributed by atoms with Crippen LogP contribution in [0, 0.1) is 0 Å². The minimum absolute atomic E-state index is 0.256. The van der Waals surface area contributed by atoms with Crippen molar-refractivity contribution in [3.63, 3.8) is 0 Å². The van der Waals surface area contributed by atoms with Crippen LogP contribution in [0.5, 0.6) is 0 Å². The number of nitrogens with one attached hydrogen (secondary N) is 1. The molecule has 0 atom stereocenters. The maximum Gasteiger partial charge on any atom is 0.257 e. The van der Waals surface area contributed by atoms with E-state index in [9.17, 15) is 4.79 Å². The Balaban J connectivity index is 2.02. The summed E-state index contributed by atoms with van der Waals surface area (Å²) in [5, 5.41) is 7.62. The van der Waals surface area contributed by atoms with Crippen molar-refractivity contribution in [2.45, 2.75) is 0 Å². The topological polar surface area (TPSA) is 85.8 Å². The zero-order chi connectivity index (χ0) is 14.1. The molecule has 0 saturated heterocycles. The Morgan fingerprint density at radius 3 is 2.85 bits per heavy atom. The Morgan fingerprint density at radius 1 is 1.30 bits per heavy atom. The van der Waals surface area contributed by atoms with Crippen molar-refractivity contribution >= 4 is 28.4 Å². The molecule has 100 valence electrons. The summed E-state index contributed by atoms with van der Waals surface area (Å²) in [5.41, 5.74) is 6.93. The van der Waals surface area contributed by atoms with E-state index in [1.165, 1.54) is 0 Å². The lowest BCUT2D eigenvalue weighted by Crippen LogP contribution is -2.14. The smallest absolute Gasteiger partial charge is 0.257 e. The maximum atomic E-state index is 12.3. The van der Waals surface area contributed by atoms with Gasteiger partial charge in [0.25, 0.3) is 5.91 Å². The van der Waals surface area contributed by atoms with Gasteiger partial charge in [-0.15, -0.1) is 0 Å². The van der Waals surface area contributed by atoms with E-state index in [2.05, 4.69) is 15.4 Å².